The Hall–Kier alpha value is -1.76. The van der Waals surface area contributed by atoms with Gasteiger partial charge in [0.1, 0.15) is 5.82 Å². The van der Waals surface area contributed by atoms with E-state index in [0.29, 0.717) is 12.1 Å². The average Bonchev–Trinajstić information content (AvgIpc) is 3.31. The number of likely N-dealkylation sites (N-methyl/N-ethyl adjacent to an activating group) is 1. The molecule has 1 aromatic heterocycles. The van der Waals surface area contributed by atoms with Crippen molar-refractivity contribution < 1.29 is 9.18 Å². The summed E-state index contributed by atoms with van der Waals surface area (Å²) in [5, 5.41) is 5.24. The summed E-state index contributed by atoms with van der Waals surface area (Å²) in [4.78, 5) is 19.0. The fraction of sp³-hybridized carbons (Fsp3) is 0.476. The molecular weight excluding hydrogens is 361 g/mol. The Bertz CT molecular complexity index is 782. The SMILES string of the molecule is CN1CCN(C(CNC(=O)C2(c3ccccc3F)CC2)c2cccs2)CC1. The summed E-state index contributed by atoms with van der Waals surface area (Å²) in [6.45, 7) is 4.63. The number of carbonyl (C=O) groups is 1. The topological polar surface area (TPSA) is 35.6 Å². The van der Waals surface area contributed by atoms with Crippen LogP contribution < -0.4 is 5.32 Å². The van der Waals surface area contributed by atoms with Gasteiger partial charge in [-0.3, -0.25) is 9.69 Å². The van der Waals surface area contributed by atoms with Crippen LogP contribution in [0.4, 0.5) is 4.39 Å². The van der Waals surface area contributed by atoms with Crippen LogP contribution in [0.2, 0.25) is 0 Å². The first-order valence-corrected chi connectivity index (χ1v) is 10.5. The number of benzene rings is 1. The molecular formula is C21H26FN3OS. The van der Waals surface area contributed by atoms with Crippen LogP contribution in [0.1, 0.15) is 29.3 Å². The second-order valence-corrected chi connectivity index (χ2v) is 8.62. The lowest BCUT2D eigenvalue weighted by Crippen LogP contribution is -2.49. The highest BCUT2D eigenvalue weighted by molar-refractivity contribution is 7.10. The maximum Gasteiger partial charge on any atom is 0.230 e. The summed E-state index contributed by atoms with van der Waals surface area (Å²) in [6.07, 6.45) is 1.44. The summed E-state index contributed by atoms with van der Waals surface area (Å²) < 4.78 is 14.2. The van der Waals surface area contributed by atoms with Crippen LogP contribution in [0.3, 0.4) is 0 Å². The number of amides is 1. The van der Waals surface area contributed by atoms with E-state index in [-0.39, 0.29) is 17.8 Å². The fourth-order valence-electron chi connectivity index (χ4n) is 3.98. The van der Waals surface area contributed by atoms with Gasteiger partial charge in [-0.05, 0) is 37.4 Å². The van der Waals surface area contributed by atoms with Gasteiger partial charge < -0.3 is 10.2 Å². The van der Waals surface area contributed by atoms with Crippen molar-refractivity contribution in [3.05, 3.63) is 58.0 Å². The third-order valence-corrected chi connectivity index (χ3v) is 6.85. The molecule has 1 saturated heterocycles. The van der Waals surface area contributed by atoms with E-state index < -0.39 is 5.41 Å². The summed E-state index contributed by atoms with van der Waals surface area (Å²) in [5.74, 6) is -0.317. The van der Waals surface area contributed by atoms with Gasteiger partial charge in [-0.2, -0.15) is 0 Å². The Balaban J connectivity index is 1.46. The monoisotopic (exact) mass is 387 g/mol. The highest BCUT2D eigenvalue weighted by Crippen LogP contribution is 2.49. The minimum atomic E-state index is -0.673. The van der Waals surface area contributed by atoms with Crippen LogP contribution in [0, 0.1) is 5.82 Å². The molecule has 0 radical (unpaired) electrons. The maximum absolute atomic E-state index is 14.2. The maximum atomic E-state index is 14.2. The van der Waals surface area contributed by atoms with Crippen molar-refractivity contribution in [3.8, 4) is 0 Å². The van der Waals surface area contributed by atoms with E-state index in [1.165, 1.54) is 10.9 Å². The lowest BCUT2D eigenvalue weighted by molar-refractivity contribution is -0.124. The molecule has 1 aliphatic heterocycles. The molecule has 2 aromatic rings. The predicted molar refractivity (Wildman–Crippen MR) is 106 cm³/mol. The molecule has 1 amide bonds. The van der Waals surface area contributed by atoms with Gasteiger partial charge in [0.2, 0.25) is 5.91 Å². The van der Waals surface area contributed by atoms with Crippen molar-refractivity contribution in [1.82, 2.24) is 15.1 Å². The third kappa shape index (κ3) is 3.79. The zero-order chi connectivity index (χ0) is 18.9. The van der Waals surface area contributed by atoms with Gasteiger partial charge in [0.05, 0.1) is 11.5 Å². The molecule has 1 atom stereocenters. The van der Waals surface area contributed by atoms with Crippen LogP contribution in [0.15, 0.2) is 41.8 Å². The number of halogens is 1. The Morgan fingerprint density at radius 1 is 1.19 bits per heavy atom. The van der Waals surface area contributed by atoms with Gasteiger partial charge in [-0.25, -0.2) is 4.39 Å². The van der Waals surface area contributed by atoms with Crippen molar-refractivity contribution in [1.29, 1.82) is 0 Å². The van der Waals surface area contributed by atoms with Crippen LogP contribution >= 0.6 is 11.3 Å². The summed E-state index contributed by atoms with van der Waals surface area (Å²) in [7, 11) is 2.14. The number of nitrogens with one attached hydrogen (secondary N) is 1. The normalized spacial score (nSPS) is 21.0. The van der Waals surface area contributed by atoms with Crippen LogP contribution in [-0.2, 0) is 10.2 Å². The second-order valence-electron chi connectivity index (χ2n) is 7.64. The number of piperazine rings is 1. The molecule has 0 bridgehead atoms. The first kappa shape index (κ1) is 18.6. The molecule has 1 unspecified atom stereocenters. The van der Waals surface area contributed by atoms with E-state index in [0.717, 1.165) is 39.0 Å². The van der Waals surface area contributed by atoms with E-state index in [4.69, 9.17) is 0 Å². The Morgan fingerprint density at radius 3 is 2.56 bits per heavy atom. The van der Waals surface area contributed by atoms with Crippen molar-refractivity contribution in [2.45, 2.75) is 24.3 Å². The summed E-state index contributed by atoms with van der Waals surface area (Å²) >= 11 is 1.73. The number of thiophene rings is 1. The minimum absolute atomic E-state index is 0.0386. The summed E-state index contributed by atoms with van der Waals surface area (Å²) in [6, 6.07) is 11.1. The van der Waals surface area contributed by atoms with E-state index >= 15 is 0 Å². The van der Waals surface area contributed by atoms with Gasteiger partial charge in [0, 0.05) is 43.2 Å². The van der Waals surface area contributed by atoms with Gasteiger partial charge in [0.25, 0.3) is 0 Å². The van der Waals surface area contributed by atoms with Gasteiger partial charge in [-0.1, -0.05) is 24.3 Å². The van der Waals surface area contributed by atoms with E-state index in [2.05, 4.69) is 39.7 Å². The molecule has 2 fully saturated rings. The average molecular weight is 388 g/mol. The zero-order valence-electron chi connectivity index (χ0n) is 15.7. The largest absolute Gasteiger partial charge is 0.353 e. The molecule has 4 nitrogen and oxygen atoms in total. The smallest absolute Gasteiger partial charge is 0.230 e. The van der Waals surface area contributed by atoms with Crippen LogP contribution in [0.25, 0.3) is 0 Å². The zero-order valence-corrected chi connectivity index (χ0v) is 16.5. The highest BCUT2D eigenvalue weighted by atomic mass is 32.1. The first-order valence-electron chi connectivity index (χ1n) is 9.59. The number of nitrogens with zero attached hydrogens (tertiary/aromatic N) is 2. The molecule has 1 aliphatic carbocycles. The Kier molecular flexibility index (Phi) is 5.30. The number of rotatable bonds is 6. The molecule has 1 N–H and O–H groups in total. The molecule has 6 heteroatoms. The Morgan fingerprint density at radius 2 is 1.93 bits per heavy atom. The van der Waals surface area contributed by atoms with Crippen molar-refractivity contribution in [3.63, 3.8) is 0 Å². The van der Waals surface area contributed by atoms with Gasteiger partial charge in [0.15, 0.2) is 0 Å². The summed E-state index contributed by atoms with van der Waals surface area (Å²) in [5.41, 5.74) is -0.136. The molecule has 2 aliphatic rings. The highest BCUT2D eigenvalue weighted by Gasteiger charge is 2.52. The molecule has 144 valence electrons. The molecule has 1 aromatic carbocycles. The lowest BCUT2D eigenvalue weighted by Gasteiger charge is -2.37. The van der Waals surface area contributed by atoms with Gasteiger partial charge in [-0.15, -0.1) is 11.3 Å². The molecule has 27 heavy (non-hydrogen) atoms. The lowest BCUT2D eigenvalue weighted by atomic mass is 9.94. The number of carbonyl (C=O) groups excluding carboxylic acids is 1. The van der Waals surface area contributed by atoms with Crippen LogP contribution in [-0.4, -0.2) is 55.5 Å². The predicted octanol–water partition coefficient (Wildman–Crippen LogP) is 3.02. The number of hydrogen-bond acceptors (Lipinski definition) is 4. The van der Waals surface area contributed by atoms with E-state index in [1.807, 2.05) is 6.07 Å². The molecule has 0 spiro atoms. The molecule has 1 saturated carbocycles. The van der Waals surface area contributed by atoms with Crippen molar-refractivity contribution in [2.24, 2.45) is 0 Å². The minimum Gasteiger partial charge on any atom is -0.353 e. The van der Waals surface area contributed by atoms with Crippen molar-refractivity contribution in [2.75, 3.05) is 39.8 Å². The Labute approximate surface area is 164 Å². The molecule has 4 rings (SSSR count). The van der Waals surface area contributed by atoms with Crippen LogP contribution in [0.5, 0.6) is 0 Å². The van der Waals surface area contributed by atoms with Crippen molar-refractivity contribution >= 4 is 17.2 Å². The number of hydrogen-bond donors (Lipinski definition) is 1. The third-order valence-electron chi connectivity index (χ3n) is 5.88. The second kappa shape index (κ2) is 7.70. The first-order chi connectivity index (χ1) is 13.1. The fourth-order valence-corrected chi connectivity index (χ4v) is 4.84. The standard InChI is InChI=1S/C21H26FN3OS/c1-24-10-12-25(13-11-24)18(19-7-4-14-27-19)15-23-20(26)21(8-9-21)16-5-2-3-6-17(16)22/h2-7,14,18H,8-13,15H2,1H3,(H,23,26). The van der Waals surface area contributed by atoms with Gasteiger partial charge >= 0.3 is 0 Å². The van der Waals surface area contributed by atoms with E-state index in [1.54, 1.807) is 23.5 Å². The quantitative estimate of drug-likeness (QED) is 0.828. The molecule has 2 heterocycles. The van der Waals surface area contributed by atoms with E-state index in [9.17, 15) is 9.18 Å².